The first-order valence-corrected chi connectivity index (χ1v) is 14.1. The lowest BCUT2D eigenvalue weighted by Gasteiger charge is -2.38. The van der Waals surface area contributed by atoms with E-state index >= 15 is 0 Å². The SMILES string of the molecule is COc1cc(CCO[C@H]2CCCCC2N2CC[C@@H](OCc3ccccc3)C2)ccc1OCc1ccccc1. The molecule has 0 N–H and O–H groups in total. The Hall–Kier alpha value is -2.86. The molecule has 1 aliphatic carbocycles. The molecule has 0 amide bonds. The zero-order valence-electron chi connectivity index (χ0n) is 22.6. The van der Waals surface area contributed by atoms with Gasteiger partial charge in [-0.05, 0) is 54.5 Å². The average Bonchev–Trinajstić information content (AvgIpc) is 3.45. The maximum absolute atomic E-state index is 6.53. The predicted molar refractivity (Wildman–Crippen MR) is 151 cm³/mol. The molecule has 5 heteroatoms. The summed E-state index contributed by atoms with van der Waals surface area (Å²) in [6.45, 7) is 4.06. The minimum atomic E-state index is 0.298. The van der Waals surface area contributed by atoms with Crippen molar-refractivity contribution in [1.82, 2.24) is 4.90 Å². The third-order valence-corrected chi connectivity index (χ3v) is 7.83. The van der Waals surface area contributed by atoms with Crippen LogP contribution in [0.25, 0.3) is 0 Å². The van der Waals surface area contributed by atoms with Gasteiger partial charge in [-0.25, -0.2) is 0 Å². The summed E-state index contributed by atoms with van der Waals surface area (Å²) in [7, 11) is 1.70. The molecule has 1 heterocycles. The van der Waals surface area contributed by atoms with Gasteiger partial charge in [-0.2, -0.15) is 0 Å². The largest absolute Gasteiger partial charge is 0.493 e. The Bertz CT molecular complexity index is 1110. The van der Waals surface area contributed by atoms with Crippen LogP contribution in [0.1, 0.15) is 48.8 Å². The summed E-state index contributed by atoms with van der Waals surface area (Å²) in [6, 6.07) is 27.4. The van der Waals surface area contributed by atoms with E-state index in [1.165, 1.54) is 30.4 Å². The fraction of sp³-hybridized carbons (Fsp3) is 0.455. The van der Waals surface area contributed by atoms with E-state index in [1.54, 1.807) is 7.11 Å². The van der Waals surface area contributed by atoms with Crippen LogP contribution < -0.4 is 9.47 Å². The highest BCUT2D eigenvalue weighted by Crippen LogP contribution is 2.31. The van der Waals surface area contributed by atoms with Gasteiger partial charge in [0.2, 0.25) is 0 Å². The fourth-order valence-electron chi connectivity index (χ4n) is 5.72. The molecule has 5 rings (SSSR count). The van der Waals surface area contributed by atoms with E-state index in [9.17, 15) is 0 Å². The Morgan fingerprint density at radius 2 is 1.47 bits per heavy atom. The lowest BCUT2D eigenvalue weighted by molar-refractivity contribution is -0.0352. The molecule has 0 radical (unpaired) electrons. The molecule has 5 nitrogen and oxygen atoms in total. The number of methoxy groups -OCH3 is 1. The van der Waals surface area contributed by atoms with Gasteiger partial charge in [0, 0.05) is 19.1 Å². The first-order chi connectivity index (χ1) is 18.8. The van der Waals surface area contributed by atoms with Gasteiger partial charge in [0.15, 0.2) is 11.5 Å². The van der Waals surface area contributed by atoms with Crippen molar-refractivity contribution in [2.75, 3.05) is 26.8 Å². The summed E-state index contributed by atoms with van der Waals surface area (Å²) in [6.07, 6.45) is 7.49. The summed E-state index contributed by atoms with van der Waals surface area (Å²) in [4.78, 5) is 2.63. The maximum Gasteiger partial charge on any atom is 0.161 e. The van der Waals surface area contributed by atoms with Crippen LogP contribution in [-0.4, -0.2) is 50.0 Å². The second-order valence-corrected chi connectivity index (χ2v) is 10.5. The minimum absolute atomic E-state index is 0.298. The van der Waals surface area contributed by atoms with Gasteiger partial charge in [0.25, 0.3) is 0 Å². The molecule has 1 saturated heterocycles. The molecular formula is C33H41NO4. The molecule has 3 aromatic carbocycles. The van der Waals surface area contributed by atoms with Crippen LogP contribution in [0.2, 0.25) is 0 Å². The van der Waals surface area contributed by atoms with Crippen LogP contribution in [0.15, 0.2) is 78.9 Å². The van der Waals surface area contributed by atoms with Crippen molar-refractivity contribution in [3.8, 4) is 11.5 Å². The molecule has 202 valence electrons. The smallest absolute Gasteiger partial charge is 0.161 e. The lowest BCUT2D eigenvalue weighted by Crippen LogP contribution is -2.46. The van der Waals surface area contributed by atoms with Gasteiger partial charge in [0.05, 0.1) is 32.5 Å². The van der Waals surface area contributed by atoms with Gasteiger partial charge in [-0.15, -0.1) is 0 Å². The zero-order chi connectivity index (χ0) is 26.0. The Kier molecular flexibility index (Phi) is 9.70. The highest BCUT2D eigenvalue weighted by atomic mass is 16.5. The summed E-state index contributed by atoms with van der Waals surface area (Å²) in [5.41, 5.74) is 3.59. The molecule has 38 heavy (non-hydrogen) atoms. The molecular weight excluding hydrogens is 474 g/mol. The molecule has 0 aromatic heterocycles. The predicted octanol–water partition coefficient (Wildman–Crippen LogP) is 6.44. The van der Waals surface area contributed by atoms with E-state index in [1.807, 2.05) is 24.3 Å². The van der Waals surface area contributed by atoms with Crippen molar-refractivity contribution in [2.45, 2.75) is 70.0 Å². The first-order valence-electron chi connectivity index (χ1n) is 14.1. The number of hydrogen-bond acceptors (Lipinski definition) is 5. The van der Waals surface area contributed by atoms with Crippen LogP contribution in [0.5, 0.6) is 11.5 Å². The van der Waals surface area contributed by atoms with Gasteiger partial charge < -0.3 is 18.9 Å². The Labute approximate surface area is 227 Å². The number of likely N-dealkylation sites (tertiary alicyclic amines) is 1. The second kappa shape index (κ2) is 13.8. The van der Waals surface area contributed by atoms with Crippen molar-refractivity contribution in [3.05, 3.63) is 95.6 Å². The summed E-state index contributed by atoms with van der Waals surface area (Å²) in [5, 5.41) is 0. The van der Waals surface area contributed by atoms with E-state index in [2.05, 4.69) is 59.5 Å². The topological polar surface area (TPSA) is 40.2 Å². The fourth-order valence-corrected chi connectivity index (χ4v) is 5.72. The summed E-state index contributed by atoms with van der Waals surface area (Å²) < 4.78 is 24.4. The lowest BCUT2D eigenvalue weighted by atomic mass is 9.91. The van der Waals surface area contributed by atoms with Crippen LogP contribution >= 0.6 is 0 Å². The van der Waals surface area contributed by atoms with Crippen LogP contribution in [-0.2, 0) is 29.1 Å². The molecule has 0 spiro atoms. The quantitative estimate of drug-likeness (QED) is 0.278. The van der Waals surface area contributed by atoms with Gasteiger partial charge in [-0.1, -0.05) is 79.6 Å². The number of nitrogens with zero attached hydrogens (tertiary/aromatic N) is 1. The molecule has 1 unspecified atom stereocenters. The molecule has 1 aliphatic heterocycles. The van der Waals surface area contributed by atoms with Crippen LogP contribution in [0.4, 0.5) is 0 Å². The molecule has 1 saturated carbocycles. The van der Waals surface area contributed by atoms with Crippen LogP contribution in [0.3, 0.4) is 0 Å². The van der Waals surface area contributed by atoms with Crippen molar-refractivity contribution < 1.29 is 18.9 Å². The Balaban J connectivity index is 1.09. The zero-order valence-corrected chi connectivity index (χ0v) is 22.6. The van der Waals surface area contributed by atoms with Crippen molar-refractivity contribution in [3.63, 3.8) is 0 Å². The standard InChI is InChI=1S/C33H41NO4/c1-35-33-22-26(16-17-32(33)38-25-28-12-6-3-7-13-28)19-21-36-31-15-9-8-14-30(31)34-20-18-29(23-34)37-24-27-10-4-2-5-11-27/h2-7,10-13,16-17,22,29-31H,8-9,14-15,18-21,23-25H2,1H3/t29-,30?,31+/m1/s1. The van der Waals surface area contributed by atoms with E-state index in [0.29, 0.717) is 31.5 Å². The van der Waals surface area contributed by atoms with Gasteiger partial charge in [-0.3, -0.25) is 4.90 Å². The van der Waals surface area contributed by atoms with Gasteiger partial charge in [0.1, 0.15) is 6.61 Å². The normalized spacial score (nSPS) is 21.9. The monoisotopic (exact) mass is 515 g/mol. The number of benzene rings is 3. The minimum Gasteiger partial charge on any atom is -0.493 e. The third kappa shape index (κ3) is 7.37. The maximum atomic E-state index is 6.53. The molecule has 2 fully saturated rings. The number of hydrogen-bond donors (Lipinski definition) is 0. The third-order valence-electron chi connectivity index (χ3n) is 7.83. The summed E-state index contributed by atoms with van der Waals surface area (Å²) in [5.74, 6) is 1.54. The van der Waals surface area contributed by atoms with E-state index in [0.717, 1.165) is 56.0 Å². The summed E-state index contributed by atoms with van der Waals surface area (Å²) >= 11 is 0. The molecule has 3 atom stereocenters. The molecule has 0 bridgehead atoms. The Morgan fingerprint density at radius 1 is 0.737 bits per heavy atom. The highest BCUT2D eigenvalue weighted by molar-refractivity contribution is 5.43. The van der Waals surface area contributed by atoms with Crippen LogP contribution in [0, 0.1) is 0 Å². The number of rotatable bonds is 12. The number of ether oxygens (including phenoxy) is 4. The molecule has 2 aliphatic rings. The Morgan fingerprint density at radius 3 is 2.24 bits per heavy atom. The van der Waals surface area contributed by atoms with E-state index in [-0.39, 0.29) is 0 Å². The second-order valence-electron chi connectivity index (χ2n) is 10.5. The van der Waals surface area contributed by atoms with E-state index < -0.39 is 0 Å². The van der Waals surface area contributed by atoms with Crippen molar-refractivity contribution in [1.29, 1.82) is 0 Å². The molecule has 3 aromatic rings. The van der Waals surface area contributed by atoms with Gasteiger partial charge >= 0.3 is 0 Å². The first kappa shape index (κ1) is 26.7. The van der Waals surface area contributed by atoms with Crippen molar-refractivity contribution >= 4 is 0 Å². The average molecular weight is 516 g/mol. The highest BCUT2D eigenvalue weighted by Gasteiger charge is 2.35. The van der Waals surface area contributed by atoms with Crippen molar-refractivity contribution in [2.24, 2.45) is 0 Å². The van der Waals surface area contributed by atoms with E-state index in [4.69, 9.17) is 18.9 Å².